The van der Waals surface area contributed by atoms with Crippen molar-refractivity contribution < 1.29 is 0 Å². The number of thiophene rings is 1. The van der Waals surface area contributed by atoms with Crippen molar-refractivity contribution in [1.82, 2.24) is 10.2 Å². The summed E-state index contributed by atoms with van der Waals surface area (Å²) in [6, 6.07) is 5.23. The summed E-state index contributed by atoms with van der Waals surface area (Å²) in [5, 5.41) is 3.49. The highest BCUT2D eigenvalue weighted by atomic mass is 32.1. The van der Waals surface area contributed by atoms with Gasteiger partial charge in [0.15, 0.2) is 0 Å². The molecule has 2 heterocycles. The fourth-order valence-electron chi connectivity index (χ4n) is 2.24. The van der Waals surface area contributed by atoms with Gasteiger partial charge in [0.05, 0.1) is 0 Å². The Balaban J connectivity index is 1.97. The lowest BCUT2D eigenvalue weighted by Gasteiger charge is -2.31. The van der Waals surface area contributed by atoms with Crippen LogP contribution in [0.25, 0.3) is 0 Å². The molecule has 3 heteroatoms. The van der Waals surface area contributed by atoms with E-state index in [-0.39, 0.29) is 0 Å². The molecular formula is C14H24N2S. The Bertz CT molecular complexity index is 365. The molecule has 1 aliphatic heterocycles. The topological polar surface area (TPSA) is 15.3 Å². The first kappa shape index (κ1) is 13.1. The van der Waals surface area contributed by atoms with E-state index in [4.69, 9.17) is 0 Å². The molecule has 2 rings (SSSR count). The normalized spacial score (nSPS) is 22.9. The van der Waals surface area contributed by atoms with Gasteiger partial charge in [-0.05, 0) is 24.5 Å². The molecular weight excluding hydrogens is 228 g/mol. The average Bonchev–Trinajstić information content (AvgIpc) is 2.65. The smallest absolute Gasteiger partial charge is 0.0329 e. The monoisotopic (exact) mass is 252 g/mol. The van der Waals surface area contributed by atoms with Crippen molar-refractivity contribution in [3.63, 3.8) is 0 Å². The third-order valence-corrected chi connectivity index (χ3v) is 4.73. The highest BCUT2D eigenvalue weighted by Crippen LogP contribution is 2.30. The summed E-state index contributed by atoms with van der Waals surface area (Å²) in [5.74, 6) is 0. The van der Waals surface area contributed by atoms with Gasteiger partial charge in [-0.3, -0.25) is 4.90 Å². The molecule has 1 aliphatic rings. The van der Waals surface area contributed by atoms with Gasteiger partial charge in [0.25, 0.3) is 0 Å². The molecule has 2 nitrogen and oxygen atoms in total. The van der Waals surface area contributed by atoms with Crippen molar-refractivity contribution in [2.24, 2.45) is 0 Å². The van der Waals surface area contributed by atoms with Crippen molar-refractivity contribution in [2.75, 3.05) is 19.6 Å². The molecule has 1 atom stereocenters. The maximum absolute atomic E-state index is 3.49. The molecule has 96 valence electrons. The van der Waals surface area contributed by atoms with Gasteiger partial charge in [-0.15, -0.1) is 11.3 Å². The summed E-state index contributed by atoms with van der Waals surface area (Å²) in [4.78, 5) is 5.55. The molecule has 1 N–H and O–H groups in total. The molecule has 17 heavy (non-hydrogen) atoms. The lowest BCUT2D eigenvalue weighted by Crippen LogP contribution is -2.48. The van der Waals surface area contributed by atoms with Crippen molar-refractivity contribution in [1.29, 1.82) is 0 Å². The Morgan fingerprint density at radius 3 is 2.76 bits per heavy atom. The first-order valence-corrected chi connectivity index (χ1v) is 7.32. The van der Waals surface area contributed by atoms with Crippen LogP contribution in [0.3, 0.4) is 0 Å². The van der Waals surface area contributed by atoms with E-state index >= 15 is 0 Å². The Hall–Kier alpha value is -0.380. The van der Waals surface area contributed by atoms with Crippen molar-refractivity contribution in [3.8, 4) is 0 Å². The van der Waals surface area contributed by atoms with Crippen molar-refractivity contribution >= 4 is 11.3 Å². The second kappa shape index (κ2) is 5.09. The molecule has 0 spiro atoms. The Morgan fingerprint density at radius 1 is 1.41 bits per heavy atom. The van der Waals surface area contributed by atoms with Crippen LogP contribution in [0.15, 0.2) is 12.1 Å². The van der Waals surface area contributed by atoms with E-state index in [0.717, 1.165) is 13.1 Å². The number of piperazine rings is 1. The Kier molecular flexibility index (Phi) is 3.91. The van der Waals surface area contributed by atoms with Gasteiger partial charge in [-0.1, -0.05) is 20.8 Å². The highest BCUT2D eigenvalue weighted by molar-refractivity contribution is 7.12. The van der Waals surface area contributed by atoms with Crippen LogP contribution in [0.5, 0.6) is 0 Å². The summed E-state index contributed by atoms with van der Waals surface area (Å²) in [7, 11) is 0. The summed E-state index contributed by atoms with van der Waals surface area (Å²) in [6.45, 7) is 13.7. The minimum atomic E-state index is 0.291. The predicted molar refractivity (Wildman–Crippen MR) is 75.8 cm³/mol. The maximum Gasteiger partial charge on any atom is 0.0329 e. The molecule has 1 fully saturated rings. The van der Waals surface area contributed by atoms with Gasteiger partial charge in [0, 0.05) is 42.0 Å². The molecule has 0 bridgehead atoms. The number of hydrogen-bond acceptors (Lipinski definition) is 3. The molecule has 1 aromatic rings. The third-order valence-electron chi connectivity index (χ3n) is 3.23. The average molecular weight is 252 g/mol. The summed E-state index contributed by atoms with van der Waals surface area (Å²) in [5.41, 5.74) is 0.291. The zero-order valence-electron chi connectivity index (χ0n) is 11.4. The Labute approximate surface area is 109 Å². The fraction of sp³-hybridized carbons (Fsp3) is 0.714. The van der Waals surface area contributed by atoms with E-state index < -0.39 is 0 Å². The van der Waals surface area contributed by atoms with Crippen LogP contribution >= 0.6 is 11.3 Å². The number of hydrogen-bond donors (Lipinski definition) is 1. The number of rotatable bonds is 2. The fourth-order valence-corrected chi connectivity index (χ4v) is 3.35. The molecule has 0 aromatic carbocycles. The van der Waals surface area contributed by atoms with Crippen molar-refractivity contribution in [3.05, 3.63) is 21.9 Å². The zero-order chi connectivity index (χ0) is 12.5. The van der Waals surface area contributed by atoms with Crippen LogP contribution in [0.1, 0.15) is 37.4 Å². The van der Waals surface area contributed by atoms with E-state index in [2.05, 4.69) is 50.0 Å². The van der Waals surface area contributed by atoms with Gasteiger partial charge in [0.2, 0.25) is 0 Å². The second-order valence-corrected chi connectivity index (χ2v) is 7.27. The highest BCUT2D eigenvalue weighted by Gasteiger charge is 2.19. The van der Waals surface area contributed by atoms with Crippen LogP contribution in [-0.2, 0) is 12.0 Å². The maximum atomic E-state index is 3.49. The van der Waals surface area contributed by atoms with E-state index in [1.54, 1.807) is 0 Å². The van der Waals surface area contributed by atoms with Gasteiger partial charge in [-0.2, -0.15) is 0 Å². The van der Waals surface area contributed by atoms with Crippen LogP contribution in [0.4, 0.5) is 0 Å². The molecule has 0 radical (unpaired) electrons. The zero-order valence-corrected chi connectivity index (χ0v) is 12.2. The van der Waals surface area contributed by atoms with E-state index in [1.165, 1.54) is 22.8 Å². The van der Waals surface area contributed by atoms with E-state index in [0.29, 0.717) is 11.5 Å². The van der Waals surface area contributed by atoms with Crippen LogP contribution in [-0.4, -0.2) is 30.6 Å². The molecule has 0 saturated carbocycles. The quantitative estimate of drug-likeness (QED) is 0.871. The first-order valence-electron chi connectivity index (χ1n) is 6.50. The number of nitrogens with zero attached hydrogens (tertiary/aromatic N) is 1. The third kappa shape index (κ3) is 3.54. The Morgan fingerprint density at radius 2 is 2.18 bits per heavy atom. The van der Waals surface area contributed by atoms with Crippen LogP contribution < -0.4 is 5.32 Å². The first-order chi connectivity index (χ1) is 7.95. The lowest BCUT2D eigenvalue weighted by atomic mass is 9.95. The minimum absolute atomic E-state index is 0.291. The van der Waals surface area contributed by atoms with Gasteiger partial charge in [0.1, 0.15) is 0 Å². The van der Waals surface area contributed by atoms with Gasteiger partial charge >= 0.3 is 0 Å². The second-order valence-electron chi connectivity index (χ2n) is 6.11. The predicted octanol–water partition coefficient (Wildman–Crippen LogP) is 2.84. The molecule has 0 amide bonds. The SMILES string of the molecule is C[C@H]1CN(Cc2ccc(C(C)(C)C)s2)CCN1. The molecule has 1 aromatic heterocycles. The molecule has 0 aliphatic carbocycles. The molecule has 1 saturated heterocycles. The number of nitrogens with one attached hydrogen (secondary N) is 1. The van der Waals surface area contributed by atoms with Gasteiger partial charge < -0.3 is 5.32 Å². The summed E-state index contributed by atoms with van der Waals surface area (Å²) in [6.07, 6.45) is 0. The van der Waals surface area contributed by atoms with Crippen LogP contribution in [0.2, 0.25) is 0 Å². The van der Waals surface area contributed by atoms with E-state index in [1.807, 2.05) is 11.3 Å². The van der Waals surface area contributed by atoms with Crippen LogP contribution in [0, 0.1) is 0 Å². The lowest BCUT2D eigenvalue weighted by molar-refractivity contribution is 0.201. The van der Waals surface area contributed by atoms with Gasteiger partial charge in [-0.25, -0.2) is 0 Å². The largest absolute Gasteiger partial charge is 0.312 e. The summed E-state index contributed by atoms with van der Waals surface area (Å²) >= 11 is 1.97. The van der Waals surface area contributed by atoms with Crippen molar-refractivity contribution in [2.45, 2.75) is 45.7 Å². The molecule has 0 unspecified atom stereocenters. The van der Waals surface area contributed by atoms with E-state index in [9.17, 15) is 0 Å². The standard InChI is InChI=1S/C14H24N2S/c1-11-9-16(8-7-15-11)10-12-5-6-13(17-12)14(2,3)4/h5-6,11,15H,7-10H2,1-4H3/t11-/m0/s1. The minimum Gasteiger partial charge on any atom is -0.312 e. The summed E-state index contributed by atoms with van der Waals surface area (Å²) < 4.78 is 0.